The lowest BCUT2D eigenvalue weighted by atomic mass is 10.1. The average molecular weight is 217 g/mol. The zero-order valence-electron chi connectivity index (χ0n) is 9.87. The lowest BCUT2D eigenvalue weighted by Gasteiger charge is -2.21. The lowest BCUT2D eigenvalue weighted by Crippen LogP contribution is -2.18. The molecule has 0 spiro atoms. The predicted octanol–water partition coefficient (Wildman–Crippen LogP) is 1.86. The first-order valence-corrected chi connectivity index (χ1v) is 6.14. The summed E-state index contributed by atoms with van der Waals surface area (Å²) < 4.78 is 0. The van der Waals surface area contributed by atoms with Crippen molar-refractivity contribution in [2.75, 3.05) is 42.2 Å². The first-order valence-electron chi connectivity index (χ1n) is 6.14. The summed E-state index contributed by atoms with van der Waals surface area (Å²) in [6, 6.07) is 4.48. The van der Waals surface area contributed by atoms with E-state index in [1.165, 1.54) is 42.9 Å². The average Bonchev–Trinajstić information content (AvgIpc) is 2.87. The minimum absolute atomic E-state index is 0.944. The summed E-state index contributed by atoms with van der Waals surface area (Å²) in [6.45, 7) is 3.48. The van der Waals surface area contributed by atoms with Gasteiger partial charge in [-0.1, -0.05) is 0 Å². The lowest BCUT2D eigenvalue weighted by molar-refractivity contribution is 0.949. The van der Waals surface area contributed by atoms with E-state index in [9.17, 15) is 0 Å². The van der Waals surface area contributed by atoms with Gasteiger partial charge in [0.05, 0.1) is 11.4 Å². The van der Waals surface area contributed by atoms with Gasteiger partial charge < -0.3 is 15.5 Å². The zero-order valence-corrected chi connectivity index (χ0v) is 9.87. The van der Waals surface area contributed by atoms with Crippen molar-refractivity contribution in [3.8, 4) is 0 Å². The molecule has 3 rings (SSSR count). The van der Waals surface area contributed by atoms with E-state index >= 15 is 0 Å². The van der Waals surface area contributed by atoms with Gasteiger partial charge in [-0.15, -0.1) is 0 Å². The summed E-state index contributed by atoms with van der Waals surface area (Å²) in [6.07, 6.45) is 3.77. The molecular formula is C13H19N3. The molecule has 2 aliphatic heterocycles. The fraction of sp³-hybridized carbons (Fsp3) is 0.538. The SMILES string of the molecule is CN1CCc2cc(N3CCCC3)cc(N)c21. The maximum atomic E-state index is 6.16. The van der Waals surface area contributed by atoms with E-state index in [1.807, 2.05) is 0 Å². The molecule has 3 heteroatoms. The normalized spacial score (nSPS) is 19.3. The van der Waals surface area contributed by atoms with E-state index in [0.29, 0.717) is 0 Å². The van der Waals surface area contributed by atoms with Crippen molar-refractivity contribution >= 4 is 17.1 Å². The van der Waals surface area contributed by atoms with Gasteiger partial charge in [0.15, 0.2) is 0 Å². The van der Waals surface area contributed by atoms with Gasteiger partial charge in [0.1, 0.15) is 0 Å². The fourth-order valence-corrected chi connectivity index (χ4v) is 2.92. The maximum absolute atomic E-state index is 6.16. The van der Waals surface area contributed by atoms with Gasteiger partial charge in [0.2, 0.25) is 0 Å². The standard InChI is InChI=1S/C13H19N3/c1-15-7-4-10-8-11(9-12(14)13(10)15)16-5-2-3-6-16/h8-9H,2-7,14H2,1H3. The summed E-state index contributed by atoms with van der Waals surface area (Å²) in [4.78, 5) is 4.72. The van der Waals surface area contributed by atoms with E-state index in [1.54, 1.807) is 0 Å². The highest BCUT2D eigenvalue weighted by atomic mass is 15.2. The molecule has 0 atom stereocenters. The third-order valence-corrected chi connectivity index (χ3v) is 3.77. The summed E-state index contributed by atoms with van der Waals surface area (Å²) >= 11 is 0. The first-order chi connectivity index (χ1) is 7.75. The molecule has 1 aromatic carbocycles. The number of hydrogen-bond donors (Lipinski definition) is 1. The van der Waals surface area contributed by atoms with Gasteiger partial charge in [-0.05, 0) is 37.0 Å². The van der Waals surface area contributed by atoms with E-state index in [2.05, 4.69) is 29.0 Å². The van der Waals surface area contributed by atoms with Crippen LogP contribution in [-0.4, -0.2) is 26.7 Å². The van der Waals surface area contributed by atoms with Crippen molar-refractivity contribution in [1.82, 2.24) is 0 Å². The predicted molar refractivity (Wildman–Crippen MR) is 69.3 cm³/mol. The van der Waals surface area contributed by atoms with Gasteiger partial charge >= 0.3 is 0 Å². The molecule has 0 radical (unpaired) electrons. The Morgan fingerprint density at radius 3 is 2.62 bits per heavy atom. The molecule has 16 heavy (non-hydrogen) atoms. The van der Waals surface area contributed by atoms with Crippen LogP contribution in [0, 0.1) is 0 Å². The molecule has 0 amide bonds. The Morgan fingerprint density at radius 1 is 1.12 bits per heavy atom. The van der Waals surface area contributed by atoms with Gasteiger partial charge in [-0.25, -0.2) is 0 Å². The van der Waals surface area contributed by atoms with Crippen molar-refractivity contribution in [3.63, 3.8) is 0 Å². The molecule has 2 N–H and O–H groups in total. The highest BCUT2D eigenvalue weighted by Crippen LogP contribution is 2.37. The van der Waals surface area contributed by atoms with E-state index in [0.717, 1.165) is 18.7 Å². The van der Waals surface area contributed by atoms with Crippen LogP contribution in [0.3, 0.4) is 0 Å². The Hall–Kier alpha value is -1.38. The molecule has 86 valence electrons. The minimum atomic E-state index is 0.944. The molecule has 1 saturated heterocycles. The number of fused-ring (bicyclic) bond motifs is 1. The highest BCUT2D eigenvalue weighted by molar-refractivity contribution is 5.78. The number of nitrogens with zero attached hydrogens (tertiary/aromatic N) is 2. The number of hydrogen-bond acceptors (Lipinski definition) is 3. The number of rotatable bonds is 1. The Bertz CT molecular complexity index is 408. The molecule has 2 aliphatic rings. The van der Waals surface area contributed by atoms with Crippen molar-refractivity contribution < 1.29 is 0 Å². The Morgan fingerprint density at radius 2 is 1.88 bits per heavy atom. The Balaban J connectivity index is 2.00. The molecule has 0 unspecified atom stereocenters. The molecule has 0 aliphatic carbocycles. The highest BCUT2D eigenvalue weighted by Gasteiger charge is 2.21. The van der Waals surface area contributed by atoms with Crippen molar-refractivity contribution in [3.05, 3.63) is 17.7 Å². The first kappa shape index (κ1) is 9.82. The summed E-state index contributed by atoms with van der Waals surface area (Å²) in [5, 5.41) is 0. The van der Waals surface area contributed by atoms with Crippen LogP contribution in [-0.2, 0) is 6.42 Å². The maximum Gasteiger partial charge on any atom is 0.0632 e. The largest absolute Gasteiger partial charge is 0.397 e. The topological polar surface area (TPSA) is 32.5 Å². The molecular weight excluding hydrogens is 198 g/mol. The molecule has 3 nitrogen and oxygen atoms in total. The van der Waals surface area contributed by atoms with Crippen molar-refractivity contribution in [1.29, 1.82) is 0 Å². The van der Waals surface area contributed by atoms with Crippen LogP contribution in [0.5, 0.6) is 0 Å². The molecule has 0 saturated carbocycles. The number of nitrogen functional groups attached to an aromatic ring is 1. The van der Waals surface area contributed by atoms with E-state index in [-0.39, 0.29) is 0 Å². The number of anilines is 3. The van der Waals surface area contributed by atoms with Crippen LogP contribution in [0.15, 0.2) is 12.1 Å². The summed E-state index contributed by atoms with van der Waals surface area (Å²) in [5.74, 6) is 0. The third kappa shape index (κ3) is 1.42. The van der Waals surface area contributed by atoms with Gasteiger partial charge in [0, 0.05) is 32.4 Å². The second-order valence-electron chi connectivity index (χ2n) is 4.91. The van der Waals surface area contributed by atoms with Crippen LogP contribution in [0.1, 0.15) is 18.4 Å². The van der Waals surface area contributed by atoms with Crippen molar-refractivity contribution in [2.24, 2.45) is 0 Å². The second kappa shape index (κ2) is 3.58. The Labute approximate surface area is 96.8 Å². The van der Waals surface area contributed by atoms with Crippen LogP contribution in [0.4, 0.5) is 17.1 Å². The number of benzene rings is 1. The smallest absolute Gasteiger partial charge is 0.0632 e. The van der Waals surface area contributed by atoms with E-state index in [4.69, 9.17) is 5.73 Å². The number of nitrogens with two attached hydrogens (primary N) is 1. The zero-order chi connectivity index (χ0) is 11.1. The fourth-order valence-electron chi connectivity index (χ4n) is 2.92. The molecule has 1 aromatic rings. The van der Waals surface area contributed by atoms with Crippen molar-refractivity contribution in [2.45, 2.75) is 19.3 Å². The minimum Gasteiger partial charge on any atom is -0.397 e. The van der Waals surface area contributed by atoms with Gasteiger partial charge in [-0.3, -0.25) is 0 Å². The quantitative estimate of drug-likeness (QED) is 0.729. The van der Waals surface area contributed by atoms with Crippen LogP contribution >= 0.6 is 0 Å². The number of likely N-dealkylation sites (N-methyl/N-ethyl adjacent to an activating group) is 1. The monoisotopic (exact) mass is 217 g/mol. The van der Waals surface area contributed by atoms with E-state index < -0.39 is 0 Å². The summed E-state index contributed by atoms with van der Waals surface area (Å²) in [7, 11) is 2.12. The van der Waals surface area contributed by atoms with Crippen LogP contribution in [0.2, 0.25) is 0 Å². The third-order valence-electron chi connectivity index (χ3n) is 3.77. The molecule has 0 aromatic heterocycles. The molecule has 0 bridgehead atoms. The Kier molecular flexibility index (Phi) is 2.20. The molecule has 2 heterocycles. The van der Waals surface area contributed by atoms with Gasteiger partial charge in [-0.2, -0.15) is 0 Å². The van der Waals surface area contributed by atoms with Gasteiger partial charge in [0.25, 0.3) is 0 Å². The van der Waals surface area contributed by atoms with Crippen LogP contribution < -0.4 is 15.5 Å². The second-order valence-corrected chi connectivity index (χ2v) is 4.91. The summed E-state index contributed by atoms with van der Waals surface area (Å²) in [5.41, 5.74) is 11.1. The molecule has 1 fully saturated rings. The van der Waals surface area contributed by atoms with Crippen LogP contribution in [0.25, 0.3) is 0 Å².